The molecule has 0 saturated heterocycles. The molecule has 0 radical (unpaired) electrons. The zero-order chi connectivity index (χ0) is 13.7. The second kappa shape index (κ2) is 6.94. The van der Waals surface area contributed by atoms with E-state index < -0.39 is 0 Å². The maximum atomic E-state index is 6.07. The van der Waals surface area contributed by atoms with Crippen LogP contribution in [-0.4, -0.2) is 12.6 Å². The second-order valence-corrected chi connectivity index (χ2v) is 5.62. The summed E-state index contributed by atoms with van der Waals surface area (Å²) in [6, 6.07) is 15.4. The van der Waals surface area contributed by atoms with Gasteiger partial charge in [-0.2, -0.15) is 0 Å². The lowest BCUT2D eigenvalue weighted by atomic mass is 10.1. The van der Waals surface area contributed by atoms with Crippen LogP contribution in [0.15, 0.2) is 53.0 Å². The van der Waals surface area contributed by atoms with Gasteiger partial charge in [0.2, 0.25) is 0 Å². The van der Waals surface area contributed by atoms with Crippen LogP contribution in [0.4, 0.5) is 0 Å². The van der Waals surface area contributed by atoms with Gasteiger partial charge in [-0.3, -0.25) is 0 Å². The maximum Gasteiger partial charge on any atom is 0.133 e. The molecule has 100 valence electrons. The lowest BCUT2D eigenvalue weighted by Crippen LogP contribution is -2.30. The first-order valence-electron chi connectivity index (χ1n) is 6.02. The number of para-hydroxylation sites is 1. The fraction of sp³-hybridized carbons (Fsp3) is 0.200. The number of hydrogen-bond donors (Lipinski definition) is 1. The Labute approximate surface area is 126 Å². The predicted octanol–water partition coefficient (Wildman–Crippen LogP) is 4.05. The molecule has 0 heterocycles. The van der Waals surface area contributed by atoms with Gasteiger partial charge in [0.25, 0.3) is 0 Å². The molecule has 1 unspecified atom stereocenters. The van der Waals surface area contributed by atoms with Crippen molar-refractivity contribution < 1.29 is 4.74 Å². The topological polar surface area (TPSA) is 35.2 Å². The molecule has 2 nitrogen and oxygen atoms in total. The average molecular weight is 341 g/mol. The highest BCUT2D eigenvalue weighted by atomic mass is 79.9. The van der Waals surface area contributed by atoms with E-state index >= 15 is 0 Å². The summed E-state index contributed by atoms with van der Waals surface area (Å²) in [6.45, 7) is 0.477. The molecule has 2 N–H and O–H groups in total. The summed E-state index contributed by atoms with van der Waals surface area (Å²) in [5.74, 6) is 0.814. The molecule has 0 fully saturated rings. The molecule has 0 bridgehead atoms. The van der Waals surface area contributed by atoms with E-state index in [4.69, 9.17) is 22.1 Å². The summed E-state index contributed by atoms with van der Waals surface area (Å²) in [7, 11) is 0. The van der Waals surface area contributed by atoms with Crippen molar-refractivity contribution in [2.45, 2.75) is 12.5 Å². The minimum Gasteiger partial charge on any atom is -0.491 e. The van der Waals surface area contributed by atoms with Gasteiger partial charge in [0, 0.05) is 11.1 Å². The van der Waals surface area contributed by atoms with Crippen LogP contribution in [-0.2, 0) is 6.42 Å². The number of rotatable bonds is 5. The first-order valence-corrected chi connectivity index (χ1v) is 7.19. The van der Waals surface area contributed by atoms with Crippen LogP contribution in [0.1, 0.15) is 5.56 Å². The molecule has 19 heavy (non-hydrogen) atoms. The van der Waals surface area contributed by atoms with Gasteiger partial charge >= 0.3 is 0 Å². The summed E-state index contributed by atoms with van der Waals surface area (Å²) < 4.78 is 6.64. The Hall–Kier alpha value is -1.03. The number of hydrogen-bond acceptors (Lipinski definition) is 2. The lowest BCUT2D eigenvalue weighted by molar-refractivity contribution is 0.286. The van der Waals surface area contributed by atoms with Crippen molar-refractivity contribution in [3.63, 3.8) is 0 Å². The smallest absolute Gasteiger partial charge is 0.133 e. The third kappa shape index (κ3) is 4.53. The molecule has 1 atom stereocenters. The Morgan fingerprint density at radius 2 is 1.79 bits per heavy atom. The van der Waals surface area contributed by atoms with Crippen molar-refractivity contribution in [1.82, 2.24) is 0 Å². The van der Waals surface area contributed by atoms with Crippen LogP contribution in [0.5, 0.6) is 5.75 Å². The van der Waals surface area contributed by atoms with Gasteiger partial charge in [-0.15, -0.1) is 0 Å². The minimum atomic E-state index is -0.0479. The van der Waals surface area contributed by atoms with E-state index in [0.717, 1.165) is 27.2 Å². The highest BCUT2D eigenvalue weighted by Gasteiger charge is 2.07. The molecule has 0 aliphatic carbocycles. The molecular formula is C15H15BrClNO. The van der Waals surface area contributed by atoms with Crippen molar-refractivity contribution in [1.29, 1.82) is 0 Å². The lowest BCUT2D eigenvalue weighted by Gasteiger charge is -2.14. The first kappa shape index (κ1) is 14.4. The van der Waals surface area contributed by atoms with Gasteiger partial charge in [0.15, 0.2) is 0 Å². The normalized spacial score (nSPS) is 12.2. The van der Waals surface area contributed by atoms with Crippen LogP contribution in [0.3, 0.4) is 0 Å². The van der Waals surface area contributed by atoms with Gasteiger partial charge in [-0.25, -0.2) is 0 Å². The molecule has 2 aromatic carbocycles. The van der Waals surface area contributed by atoms with Crippen molar-refractivity contribution in [3.8, 4) is 5.75 Å². The number of nitrogens with two attached hydrogens (primary N) is 1. The second-order valence-electron chi connectivity index (χ2n) is 4.33. The van der Waals surface area contributed by atoms with E-state index in [2.05, 4.69) is 15.9 Å². The molecule has 4 heteroatoms. The highest BCUT2D eigenvalue weighted by molar-refractivity contribution is 9.10. The molecule has 0 aromatic heterocycles. The van der Waals surface area contributed by atoms with Crippen molar-refractivity contribution in [3.05, 3.63) is 63.6 Å². The van der Waals surface area contributed by atoms with Crippen molar-refractivity contribution in [2.24, 2.45) is 5.73 Å². The van der Waals surface area contributed by atoms with E-state index in [1.165, 1.54) is 0 Å². The molecule has 0 amide bonds. The largest absolute Gasteiger partial charge is 0.491 e. The summed E-state index contributed by atoms with van der Waals surface area (Å²) in [5.41, 5.74) is 7.23. The van der Waals surface area contributed by atoms with Gasteiger partial charge in [0.05, 0.1) is 4.47 Å². The third-order valence-electron chi connectivity index (χ3n) is 2.70. The monoisotopic (exact) mass is 339 g/mol. The molecular weight excluding hydrogens is 326 g/mol. The molecule has 2 rings (SSSR count). The first-order chi connectivity index (χ1) is 9.15. The van der Waals surface area contributed by atoms with Crippen LogP contribution >= 0.6 is 27.5 Å². The van der Waals surface area contributed by atoms with Crippen LogP contribution < -0.4 is 10.5 Å². The van der Waals surface area contributed by atoms with E-state index in [9.17, 15) is 0 Å². The zero-order valence-corrected chi connectivity index (χ0v) is 12.7. The maximum absolute atomic E-state index is 6.07. The van der Waals surface area contributed by atoms with E-state index in [1.807, 2.05) is 48.5 Å². The molecule has 0 saturated carbocycles. The average Bonchev–Trinajstić information content (AvgIpc) is 2.40. The van der Waals surface area contributed by atoms with Crippen LogP contribution in [0.2, 0.25) is 5.02 Å². The SMILES string of the molecule is NC(COc1ccccc1Br)Cc1ccc(Cl)cc1. The molecule has 0 spiro atoms. The predicted molar refractivity (Wildman–Crippen MR) is 82.8 cm³/mol. The Kier molecular flexibility index (Phi) is 5.25. The minimum absolute atomic E-state index is 0.0479. The standard InChI is InChI=1S/C15H15BrClNO/c16-14-3-1-2-4-15(14)19-10-13(18)9-11-5-7-12(17)8-6-11/h1-8,13H,9-10,18H2. The fourth-order valence-corrected chi connectivity index (χ4v) is 2.27. The third-order valence-corrected chi connectivity index (χ3v) is 3.61. The van der Waals surface area contributed by atoms with Crippen molar-refractivity contribution >= 4 is 27.5 Å². The van der Waals surface area contributed by atoms with Gasteiger partial charge in [-0.05, 0) is 52.2 Å². The van der Waals surface area contributed by atoms with Gasteiger partial charge in [-0.1, -0.05) is 35.9 Å². The summed E-state index contributed by atoms with van der Waals surface area (Å²) in [6.07, 6.45) is 0.765. The molecule has 0 aliphatic heterocycles. The van der Waals surface area contributed by atoms with E-state index in [0.29, 0.717) is 6.61 Å². The van der Waals surface area contributed by atoms with Gasteiger partial charge in [0.1, 0.15) is 12.4 Å². The highest BCUT2D eigenvalue weighted by Crippen LogP contribution is 2.23. The molecule has 2 aromatic rings. The Morgan fingerprint density at radius 1 is 1.11 bits per heavy atom. The summed E-state index contributed by atoms with van der Waals surface area (Å²) in [4.78, 5) is 0. The molecule has 0 aliphatic rings. The fourth-order valence-electron chi connectivity index (χ4n) is 1.74. The van der Waals surface area contributed by atoms with Crippen LogP contribution in [0.25, 0.3) is 0 Å². The number of ether oxygens (including phenoxy) is 1. The zero-order valence-electron chi connectivity index (χ0n) is 10.4. The van der Waals surface area contributed by atoms with Crippen molar-refractivity contribution in [2.75, 3.05) is 6.61 Å². The Balaban J connectivity index is 1.86. The Morgan fingerprint density at radius 3 is 2.47 bits per heavy atom. The number of benzene rings is 2. The van der Waals surface area contributed by atoms with E-state index in [1.54, 1.807) is 0 Å². The number of halogens is 2. The quantitative estimate of drug-likeness (QED) is 0.891. The van der Waals surface area contributed by atoms with Gasteiger partial charge < -0.3 is 10.5 Å². The Bertz CT molecular complexity index is 530. The van der Waals surface area contributed by atoms with Crippen LogP contribution in [0, 0.1) is 0 Å². The summed E-state index contributed by atoms with van der Waals surface area (Å²) >= 11 is 9.29. The van der Waals surface area contributed by atoms with E-state index in [-0.39, 0.29) is 6.04 Å². The summed E-state index contributed by atoms with van der Waals surface area (Å²) in [5, 5.41) is 0.738.